The largest absolute Gasteiger partial charge is 0.384 e. The van der Waals surface area contributed by atoms with Gasteiger partial charge in [-0.1, -0.05) is 11.6 Å². The maximum absolute atomic E-state index is 5.95. The zero-order valence-corrected chi connectivity index (χ0v) is 8.64. The molecule has 0 spiro atoms. The highest BCUT2D eigenvalue weighted by atomic mass is 35.5. The molecule has 2 rings (SSSR count). The third-order valence-corrected chi connectivity index (χ3v) is 2.98. The number of anilines is 2. The van der Waals surface area contributed by atoms with Crippen LogP contribution in [0, 0.1) is 0 Å². The second-order valence-electron chi connectivity index (χ2n) is 2.63. The molecule has 2 aromatic rings. The summed E-state index contributed by atoms with van der Waals surface area (Å²) in [6, 6.07) is 3.45. The van der Waals surface area contributed by atoms with E-state index in [-0.39, 0.29) is 5.95 Å². The van der Waals surface area contributed by atoms with Gasteiger partial charge in [-0.3, -0.25) is 0 Å². The topological polar surface area (TPSA) is 77.8 Å². The van der Waals surface area contributed by atoms with Crippen LogP contribution in [0.2, 0.25) is 5.02 Å². The molecule has 0 radical (unpaired) electrons. The van der Waals surface area contributed by atoms with Gasteiger partial charge in [0.05, 0.1) is 15.6 Å². The first kappa shape index (κ1) is 9.23. The molecule has 0 atom stereocenters. The van der Waals surface area contributed by atoms with Crippen LogP contribution in [0.25, 0.3) is 10.6 Å². The second-order valence-corrected chi connectivity index (χ2v) is 3.96. The molecule has 72 valence electrons. The standard InChI is InChI=1S/C8H7ClN4S/c9-4-1-2-14-7(4)5-3-6(10)13-8(11)12-5/h1-3H,(H4,10,11,12,13). The van der Waals surface area contributed by atoms with Gasteiger partial charge in [-0.05, 0) is 11.4 Å². The molecule has 0 amide bonds. The number of aromatic nitrogens is 2. The minimum atomic E-state index is 0.157. The van der Waals surface area contributed by atoms with Gasteiger partial charge in [0.15, 0.2) is 0 Å². The van der Waals surface area contributed by atoms with Gasteiger partial charge in [-0.15, -0.1) is 11.3 Å². The molecule has 0 saturated carbocycles. The summed E-state index contributed by atoms with van der Waals surface area (Å²) < 4.78 is 0. The van der Waals surface area contributed by atoms with Crippen molar-refractivity contribution in [3.63, 3.8) is 0 Å². The molecule has 0 aliphatic heterocycles. The van der Waals surface area contributed by atoms with E-state index < -0.39 is 0 Å². The first-order valence-electron chi connectivity index (χ1n) is 3.80. The first-order valence-corrected chi connectivity index (χ1v) is 5.06. The summed E-state index contributed by atoms with van der Waals surface area (Å²) in [5.41, 5.74) is 11.7. The molecule has 2 aromatic heterocycles. The normalized spacial score (nSPS) is 10.4. The van der Waals surface area contributed by atoms with Crippen molar-refractivity contribution in [2.24, 2.45) is 0 Å². The summed E-state index contributed by atoms with van der Waals surface area (Å²) in [5.74, 6) is 0.501. The number of nitrogens with zero attached hydrogens (tertiary/aromatic N) is 2. The van der Waals surface area contributed by atoms with E-state index in [0.717, 1.165) is 4.88 Å². The number of thiophene rings is 1. The van der Waals surface area contributed by atoms with Crippen molar-refractivity contribution in [2.75, 3.05) is 11.5 Å². The maximum Gasteiger partial charge on any atom is 0.222 e. The zero-order valence-electron chi connectivity index (χ0n) is 7.07. The molecular weight excluding hydrogens is 220 g/mol. The summed E-state index contributed by atoms with van der Waals surface area (Å²) in [6.07, 6.45) is 0. The summed E-state index contributed by atoms with van der Waals surface area (Å²) in [7, 11) is 0. The Morgan fingerprint density at radius 2 is 2.07 bits per heavy atom. The second kappa shape index (κ2) is 3.43. The minimum absolute atomic E-state index is 0.157. The Kier molecular flexibility index (Phi) is 2.26. The van der Waals surface area contributed by atoms with Gasteiger partial charge >= 0.3 is 0 Å². The average molecular weight is 227 g/mol. The molecule has 0 saturated heterocycles. The van der Waals surface area contributed by atoms with Crippen molar-refractivity contribution in [1.82, 2.24) is 9.97 Å². The number of hydrogen-bond acceptors (Lipinski definition) is 5. The fraction of sp³-hybridized carbons (Fsp3) is 0. The Bertz CT molecular complexity index is 448. The van der Waals surface area contributed by atoms with Gasteiger partial charge in [0, 0.05) is 6.07 Å². The van der Waals surface area contributed by atoms with E-state index in [4.69, 9.17) is 23.1 Å². The predicted octanol–water partition coefficient (Wildman–Crippen LogP) is 2.02. The Morgan fingerprint density at radius 1 is 1.29 bits per heavy atom. The van der Waals surface area contributed by atoms with Crippen LogP contribution in [0.3, 0.4) is 0 Å². The van der Waals surface area contributed by atoms with E-state index in [2.05, 4.69) is 9.97 Å². The fourth-order valence-corrected chi connectivity index (χ4v) is 2.19. The van der Waals surface area contributed by atoms with Gasteiger partial charge in [0.1, 0.15) is 5.82 Å². The molecule has 6 heteroatoms. The highest BCUT2D eigenvalue weighted by molar-refractivity contribution is 7.14. The van der Waals surface area contributed by atoms with Gasteiger partial charge in [0.25, 0.3) is 0 Å². The molecule has 0 fully saturated rings. The van der Waals surface area contributed by atoms with Crippen molar-refractivity contribution >= 4 is 34.7 Å². The molecule has 2 heterocycles. The number of nitrogen functional groups attached to an aromatic ring is 2. The Hall–Kier alpha value is -1.33. The lowest BCUT2D eigenvalue weighted by Gasteiger charge is -2.00. The zero-order chi connectivity index (χ0) is 10.1. The summed E-state index contributed by atoms with van der Waals surface area (Å²) in [5, 5.41) is 2.53. The van der Waals surface area contributed by atoms with Crippen LogP contribution in [0.1, 0.15) is 0 Å². The molecule has 0 unspecified atom stereocenters. The average Bonchev–Trinajstić information content (AvgIpc) is 2.49. The van der Waals surface area contributed by atoms with Crippen LogP contribution in [0.5, 0.6) is 0 Å². The van der Waals surface area contributed by atoms with E-state index in [9.17, 15) is 0 Å². The quantitative estimate of drug-likeness (QED) is 0.780. The van der Waals surface area contributed by atoms with Crippen LogP contribution >= 0.6 is 22.9 Å². The van der Waals surface area contributed by atoms with Gasteiger partial charge in [0.2, 0.25) is 5.95 Å². The minimum Gasteiger partial charge on any atom is -0.384 e. The van der Waals surface area contributed by atoms with E-state index in [1.807, 2.05) is 5.38 Å². The lowest BCUT2D eigenvalue weighted by atomic mass is 10.3. The molecule has 0 aromatic carbocycles. The van der Waals surface area contributed by atoms with Crippen LogP contribution in [-0.2, 0) is 0 Å². The molecule has 14 heavy (non-hydrogen) atoms. The number of rotatable bonds is 1. The number of nitrogens with two attached hydrogens (primary N) is 2. The van der Waals surface area contributed by atoms with Crippen LogP contribution in [0.4, 0.5) is 11.8 Å². The smallest absolute Gasteiger partial charge is 0.222 e. The Labute approximate surface area is 89.6 Å². The van der Waals surface area contributed by atoms with Gasteiger partial charge in [-0.25, -0.2) is 4.98 Å². The molecular formula is C8H7ClN4S. The summed E-state index contributed by atoms with van der Waals surface area (Å²) in [4.78, 5) is 8.68. The van der Waals surface area contributed by atoms with E-state index >= 15 is 0 Å². The van der Waals surface area contributed by atoms with Gasteiger partial charge < -0.3 is 11.5 Å². The molecule has 4 N–H and O–H groups in total. The van der Waals surface area contributed by atoms with Crippen LogP contribution < -0.4 is 11.5 Å². The first-order chi connectivity index (χ1) is 6.66. The summed E-state index contributed by atoms with van der Waals surface area (Å²) >= 11 is 7.43. The summed E-state index contributed by atoms with van der Waals surface area (Å²) in [6.45, 7) is 0. The van der Waals surface area contributed by atoms with Gasteiger partial charge in [-0.2, -0.15) is 4.98 Å². The Morgan fingerprint density at radius 3 is 2.64 bits per heavy atom. The van der Waals surface area contributed by atoms with Crippen molar-refractivity contribution < 1.29 is 0 Å². The van der Waals surface area contributed by atoms with Crippen molar-refractivity contribution in [3.05, 3.63) is 22.5 Å². The van der Waals surface area contributed by atoms with Crippen molar-refractivity contribution in [3.8, 4) is 10.6 Å². The monoisotopic (exact) mass is 226 g/mol. The third kappa shape index (κ3) is 1.64. The van der Waals surface area contributed by atoms with Crippen LogP contribution in [0.15, 0.2) is 17.5 Å². The third-order valence-electron chi connectivity index (χ3n) is 1.61. The van der Waals surface area contributed by atoms with Crippen LogP contribution in [-0.4, -0.2) is 9.97 Å². The lowest BCUT2D eigenvalue weighted by Crippen LogP contribution is -1.99. The molecule has 4 nitrogen and oxygen atoms in total. The maximum atomic E-state index is 5.95. The van der Waals surface area contributed by atoms with E-state index in [1.54, 1.807) is 12.1 Å². The number of hydrogen-bond donors (Lipinski definition) is 2. The van der Waals surface area contributed by atoms with E-state index in [0.29, 0.717) is 16.5 Å². The highest BCUT2D eigenvalue weighted by Gasteiger charge is 2.08. The molecule has 0 bridgehead atoms. The Balaban J connectivity index is 2.57. The van der Waals surface area contributed by atoms with Crippen molar-refractivity contribution in [2.45, 2.75) is 0 Å². The van der Waals surface area contributed by atoms with Crippen molar-refractivity contribution in [1.29, 1.82) is 0 Å². The predicted molar refractivity (Wildman–Crippen MR) is 59.2 cm³/mol. The van der Waals surface area contributed by atoms with E-state index in [1.165, 1.54) is 11.3 Å². The molecule has 0 aliphatic rings. The SMILES string of the molecule is Nc1cc(-c2sccc2Cl)nc(N)n1. The number of halogens is 1. The highest BCUT2D eigenvalue weighted by Crippen LogP contribution is 2.32. The molecule has 0 aliphatic carbocycles. The fourth-order valence-electron chi connectivity index (χ4n) is 1.08. The lowest BCUT2D eigenvalue weighted by molar-refractivity contribution is 1.20.